The van der Waals surface area contributed by atoms with E-state index in [0.29, 0.717) is 19.4 Å². The molecule has 1 heterocycles. The zero-order chi connectivity index (χ0) is 17.6. The molecule has 0 aromatic heterocycles. The summed E-state index contributed by atoms with van der Waals surface area (Å²) in [6.07, 6.45) is 3.17. The number of aryl methyl sites for hydroxylation is 1. The maximum atomic E-state index is 12.0. The number of amides is 1. The van der Waals surface area contributed by atoms with E-state index in [-0.39, 0.29) is 28.6 Å². The van der Waals surface area contributed by atoms with Crippen molar-refractivity contribution in [3.8, 4) is 0 Å². The topological polar surface area (TPSA) is 87.3 Å². The van der Waals surface area contributed by atoms with E-state index in [1.165, 1.54) is 7.05 Å². The molecule has 1 fully saturated rings. The standard InChI is InChI=1S/C17H27N3O3S.ClH/c1-17(9-11-19-12-10-17)13-20-16(21)8-5-14-3-6-15(7-4-14)24(22,23)18-2;/h3-4,6-7,18-19H,5,8-13H2,1-2H3,(H,20,21);1H. The Hall–Kier alpha value is -1.15. The lowest BCUT2D eigenvalue weighted by Crippen LogP contribution is -2.42. The molecule has 1 aliphatic heterocycles. The largest absolute Gasteiger partial charge is 0.356 e. The predicted octanol–water partition coefficient (Wildman–Crippen LogP) is 1.45. The Morgan fingerprint density at radius 2 is 1.80 bits per heavy atom. The molecule has 0 atom stereocenters. The Morgan fingerprint density at radius 3 is 2.36 bits per heavy atom. The summed E-state index contributed by atoms with van der Waals surface area (Å²) in [5, 5.41) is 6.37. The van der Waals surface area contributed by atoms with Crippen LogP contribution in [0.1, 0.15) is 31.7 Å². The summed E-state index contributed by atoms with van der Waals surface area (Å²) in [6.45, 7) is 4.95. The van der Waals surface area contributed by atoms with Crippen LogP contribution in [0.25, 0.3) is 0 Å². The van der Waals surface area contributed by atoms with E-state index in [9.17, 15) is 13.2 Å². The monoisotopic (exact) mass is 389 g/mol. The lowest BCUT2D eigenvalue weighted by atomic mass is 9.81. The molecule has 142 valence electrons. The summed E-state index contributed by atoms with van der Waals surface area (Å²) < 4.78 is 25.6. The van der Waals surface area contributed by atoms with Crippen LogP contribution in [0.2, 0.25) is 0 Å². The highest BCUT2D eigenvalue weighted by atomic mass is 35.5. The quantitative estimate of drug-likeness (QED) is 0.658. The van der Waals surface area contributed by atoms with Gasteiger partial charge in [-0.25, -0.2) is 13.1 Å². The van der Waals surface area contributed by atoms with Crippen LogP contribution in [0.4, 0.5) is 0 Å². The first kappa shape index (κ1) is 21.9. The van der Waals surface area contributed by atoms with Crippen LogP contribution < -0.4 is 15.4 Å². The first-order valence-electron chi connectivity index (χ1n) is 8.35. The molecular formula is C17H28ClN3O3S. The average Bonchev–Trinajstić information content (AvgIpc) is 2.59. The molecule has 1 aromatic carbocycles. The Labute approximate surface area is 156 Å². The molecule has 0 radical (unpaired) electrons. The number of piperidine rings is 1. The smallest absolute Gasteiger partial charge is 0.240 e. The van der Waals surface area contributed by atoms with Crippen LogP contribution in [-0.2, 0) is 21.2 Å². The van der Waals surface area contributed by atoms with E-state index >= 15 is 0 Å². The Morgan fingerprint density at radius 1 is 1.20 bits per heavy atom. The molecule has 0 bridgehead atoms. The second kappa shape index (κ2) is 9.52. The Kier molecular flexibility index (Phi) is 8.34. The first-order chi connectivity index (χ1) is 11.3. The van der Waals surface area contributed by atoms with E-state index in [1.54, 1.807) is 24.3 Å². The summed E-state index contributed by atoms with van der Waals surface area (Å²) in [5.41, 5.74) is 1.14. The molecule has 0 unspecified atom stereocenters. The zero-order valence-electron chi connectivity index (χ0n) is 14.8. The summed E-state index contributed by atoms with van der Waals surface area (Å²) >= 11 is 0. The van der Waals surface area contributed by atoms with E-state index in [1.807, 2.05) is 0 Å². The maximum Gasteiger partial charge on any atom is 0.240 e. The molecule has 1 saturated heterocycles. The number of hydrogen-bond acceptors (Lipinski definition) is 4. The van der Waals surface area contributed by atoms with Gasteiger partial charge in [0.05, 0.1) is 4.90 Å². The Bertz CT molecular complexity index is 656. The molecule has 0 aliphatic carbocycles. The highest BCUT2D eigenvalue weighted by Crippen LogP contribution is 2.26. The fourth-order valence-corrected chi connectivity index (χ4v) is 3.55. The molecule has 1 amide bonds. The highest BCUT2D eigenvalue weighted by molar-refractivity contribution is 7.89. The number of halogens is 1. The first-order valence-corrected chi connectivity index (χ1v) is 9.83. The van der Waals surface area contributed by atoms with Gasteiger partial charge in [-0.3, -0.25) is 4.79 Å². The number of nitrogens with one attached hydrogen (secondary N) is 3. The highest BCUT2D eigenvalue weighted by Gasteiger charge is 2.26. The van der Waals surface area contributed by atoms with E-state index in [0.717, 1.165) is 31.5 Å². The summed E-state index contributed by atoms with van der Waals surface area (Å²) in [4.78, 5) is 12.3. The third kappa shape index (κ3) is 6.58. The van der Waals surface area contributed by atoms with Gasteiger partial charge in [0.1, 0.15) is 0 Å². The van der Waals surface area contributed by atoms with Gasteiger partial charge in [-0.1, -0.05) is 19.1 Å². The van der Waals surface area contributed by atoms with Crippen LogP contribution in [0.5, 0.6) is 0 Å². The number of sulfonamides is 1. The number of carbonyl (C=O) groups is 1. The molecule has 25 heavy (non-hydrogen) atoms. The molecule has 1 aliphatic rings. The summed E-state index contributed by atoms with van der Waals surface area (Å²) in [7, 11) is -2.02. The fourth-order valence-electron chi connectivity index (χ4n) is 2.82. The molecule has 1 aromatic rings. The van der Waals surface area contributed by atoms with Crippen molar-refractivity contribution >= 4 is 28.3 Å². The third-order valence-corrected chi connectivity index (χ3v) is 6.10. The van der Waals surface area contributed by atoms with Gasteiger partial charge >= 0.3 is 0 Å². The lowest BCUT2D eigenvalue weighted by molar-refractivity contribution is -0.121. The zero-order valence-corrected chi connectivity index (χ0v) is 16.4. The molecule has 2 rings (SSSR count). The predicted molar refractivity (Wildman–Crippen MR) is 101 cm³/mol. The van der Waals surface area contributed by atoms with E-state index < -0.39 is 10.0 Å². The van der Waals surface area contributed by atoms with Gasteiger partial charge < -0.3 is 10.6 Å². The lowest BCUT2D eigenvalue weighted by Gasteiger charge is -2.34. The van der Waals surface area contributed by atoms with Crippen molar-refractivity contribution in [1.82, 2.24) is 15.4 Å². The van der Waals surface area contributed by atoms with Crippen molar-refractivity contribution in [3.63, 3.8) is 0 Å². The van der Waals surface area contributed by atoms with Crippen molar-refractivity contribution in [2.24, 2.45) is 5.41 Å². The van der Waals surface area contributed by atoms with Crippen molar-refractivity contribution < 1.29 is 13.2 Å². The van der Waals surface area contributed by atoms with Gasteiger partial charge in [-0.05, 0) is 62.5 Å². The van der Waals surface area contributed by atoms with Gasteiger partial charge in [0.25, 0.3) is 0 Å². The molecule has 0 saturated carbocycles. The van der Waals surface area contributed by atoms with Crippen LogP contribution in [0, 0.1) is 5.41 Å². The number of rotatable bonds is 7. The number of carbonyl (C=O) groups excluding carboxylic acids is 1. The van der Waals surface area contributed by atoms with E-state index in [2.05, 4.69) is 22.3 Å². The van der Waals surface area contributed by atoms with Gasteiger partial charge in [0, 0.05) is 13.0 Å². The number of benzene rings is 1. The molecule has 3 N–H and O–H groups in total. The fraction of sp³-hybridized carbons (Fsp3) is 0.588. The Balaban J connectivity index is 0.00000312. The van der Waals surface area contributed by atoms with Crippen LogP contribution in [0.15, 0.2) is 29.2 Å². The third-order valence-electron chi connectivity index (χ3n) is 4.67. The minimum absolute atomic E-state index is 0. The van der Waals surface area contributed by atoms with Gasteiger partial charge in [-0.15, -0.1) is 12.4 Å². The van der Waals surface area contributed by atoms with Gasteiger partial charge in [0.15, 0.2) is 0 Å². The summed E-state index contributed by atoms with van der Waals surface area (Å²) in [6, 6.07) is 6.64. The number of hydrogen-bond donors (Lipinski definition) is 3. The minimum Gasteiger partial charge on any atom is -0.356 e. The van der Waals surface area contributed by atoms with E-state index in [4.69, 9.17) is 0 Å². The van der Waals surface area contributed by atoms with Crippen LogP contribution in [-0.4, -0.2) is 41.0 Å². The van der Waals surface area contributed by atoms with Crippen molar-refractivity contribution in [1.29, 1.82) is 0 Å². The minimum atomic E-state index is -3.41. The van der Waals surface area contributed by atoms with Crippen molar-refractivity contribution in [3.05, 3.63) is 29.8 Å². The van der Waals surface area contributed by atoms with Gasteiger partial charge in [0.2, 0.25) is 15.9 Å². The molecule has 8 heteroatoms. The second-order valence-electron chi connectivity index (χ2n) is 6.69. The average molecular weight is 390 g/mol. The summed E-state index contributed by atoms with van der Waals surface area (Å²) in [5.74, 6) is 0.0432. The van der Waals surface area contributed by atoms with Crippen molar-refractivity contribution in [2.75, 3.05) is 26.7 Å². The van der Waals surface area contributed by atoms with Crippen LogP contribution in [0.3, 0.4) is 0 Å². The maximum absolute atomic E-state index is 12.0. The van der Waals surface area contributed by atoms with Crippen LogP contribution >= 0.6 is 12.4 Å². The molecule has 6 nitrogen and oxygen atoms in total. The second-order valence-corrected chi connectivity index (χ2v) is 8.58. The molecular weight excluding hydrogens is 362 g/mol. The molecule has 0 spiro atoms. The van der Waals surface area contributed by atoms with Crippen molar-refractivity contribution in [2.45, 2.75) is 37.5 Å². The SMILES string of the molecule is CNS(=O)(=O)c1ccc(CCC(=O)NCC2(C)CCNCC2)cc1.Cl. The van der Waals surface area contributed by atoms with Gasteiger partial charge in [-0.2, -0.15) is 0 Å². The normalized spacial score (nSPS) is 16.7.